The van der Waals surface area contributed by atoms with Crippen molar-refractivity contribution in [2.45, 2.75) is 32.0 Å². The molecule has 1 aromatic heterocycles. The zero-order valence-corrected chi connectivity index (χ0v) is 12.0. The molecular weight excluding hydrogens is 265 g/mol. The second-order valence-corrected chi connectivity index (χ2v) is 5.58. The molecule has 0 saturated carbocycles. The summed E-state index contributed by atoms with van der Waals surface area (Å²) >= 11 is 0. The first-order valence-electron chi connectivity index (χ1n) is 7.38. The molecule has 1 aliphatic rings. The Morgan fingerprint density at radius 1 is 1.19 bits per heavy atom. The van der Waals surface area contributed by atoms with Crippen LogP contribution in [0.3, 0.4) is 0 Å². The summed E-state index contributed by atoms with van der Waals surface area (Å²) in [6.45, 7) is 2.18. The molecule has 1 aromatic carbocycles. The van der Waals surface area contributed by atoms with Crippen LogP contribution in [0.1, 0.15) is 35.6 Å². The van der Waals surface area contributed by atoms with Crippen molar-refractivity contribution in [3.63, 3.8) is 0 Å². The molecule has 0 radical (unpaired) electrons. The van der Waals surface area contributed by atoms with Gasteiger partial charge in [-0.2, -0.15) is 0 Å². The minimum Gasteiger partial charge on any atom is -0.326 e. The summed E-state index contributed by atoms with van der Waals surface area (Å²) in [5.74, 6) is -0.201. The van der Waals surface area contributed by atoms with Crippen LogP contribution in [0.5, 0.6) is 0 Å². The van der Waals surface area contributed by atoms with Gasteiger partial charge < -0.3 is 5.73 Å². The number of rotatable bonds is 4. The van der Waals surface area contributed by atoms with Crippen LogP contribution >= 0.6 is 0 Å². The van der Waals surface area contributed by atoms with Gasteiger partial charge in [0, 0.05) is 31.5 Å². The number of halogens is 1. The van der Waals surface area contributed by atoms with Gasteiger partial charge in [0.2, 0.25) is 0 Å². The summed E-state index contributed by atoms with van der Waals surface area (Å²) in [6, 6.07) is 9.66. The fraction of sp³-hybridized carbons (Fsp3) is 0.353. The van der Waals surface area contributed by atoms with Crippen LogP contribution in [0.4, 0.5) is 4.39 Å². The molecule has 2 N–H and O–H groups in total. The maximum atomic E-state index is 13.6. The van der Waals surface area contributed by atoms with Gasteiger partial charge >= 0.3 is 0 Å². The molecule has 21 heavy (non-hydrogen) atoms. The molecule has 2 aromatic rings. The first-order chi connectivity index (χ1) is 10.3. The van der Waals surface area contributed by atoms with Gasteiger partial charge in [0.05, 0.1) is 0 Å². The van der Waals surface area contributed by atoms with Crippen LogP contribution in [-0.4, -0.2) is 16.4 Å². The maximum Gasteiger partial charge on any atom is 0.123 e. The average molecular weight is 285 g/mol. The van der Waals surface area contributed by atoms with E-state index in [1.807, 2.05) is 18.5 Å². The summed E-state index contributed by atoms with van der Waals surface area (Å²) < 4.78 is 13.6. The molecule has 2 heterocycles. The van der Waals surface area contributed by atoms with Gasteiger partial charge in [-0.25, -0.2) is 4.39 Å². The Kier molecular flexibility index (Phi) is 4.27. The summed E-state index contributed by atoms with van der Waals surface area (Å²) in [5.41, 5.74) is 8.76. The minimum atomic E-state index is -0.201. The van der Waals surface area contributed by atoms with Crippen molar-refractivity contribution in [1.29, 1.82) is 0 Å². The quantitative estimate of drug-likeness (QED) is 0.939. The highest BCUT2D eigenvalue weighted by Gasteiger charge is 2.25. The summed E-state index contributed by atoms with van der Waals surface area (Å²) in [4.78, 5) is 6.49. The van der Waals surface area contributed by atoms with Gasteiger partial charge in [-0.05, 0) is 60.3 Å². The molecule has 1 aliphatic heterocycles. The largest absolute Gasteiger partial charge is 0.326 e. The summed E-state index contributed by atoms with van der Waals surface area (Å²) in [7, 11) is 0. The van der Waals surface area contributed by atoms with Crippen LogP contribution in [0.25, 0.3) is 0 Å². The van der Waals surface area contributed by atoms with Crippen molar-refractivity contribution in [2.24, 2.45) is 5.73 Å². The SMILES string of the molecule is NCc1cc(F)cc(CN2CCCC2c2ccncc2)c1. The molecule has 1 atom stereocenters. The van der Waals surface area contributed by atoms with Crippen LogP contribution in [0.2, 0.25) is 0 Å². The topological polar surface area (TPSA) is 42.1 Å². The molecule has 0 spiro atoms. The zero-order chi connectivity index (χ0) is 14.7. The number of hydrogen-bond donors (Lipinski definition) is 1. The number of pyridine rings is 1. The second kappa shape index (κ2) is 6.33. The standard InChI is InChI=1S/C17H20FN3/c18-16-9-13(11-19)8-14(10-16)12-21-7-1-2-17(21)15-3-5-20-6-4-15/h3-6,8-10,17H,1-2,7,11-12,19H2. The smallest absolute Gasteiger partial charge is 0.123 e. The Bertz CT molecular complexity index is 600. The zero-order valence-electron chi connectivity index (χ0n) is 12.0. The third-order valence-electron chi connectivity index (χ3n) is 4.09. The lowest BCUT2D eigenvalue weighted by Crippen LogP contribution is -2.23. The van der Waals surface area contributed by atoms with Gasteiger partial charge in [0.15, 0.2) is 0 Å². The molecular formula is C17H20FN3. The van der Waals surface area contributed by atoms with Crippen molar-refractivity contribution in [2.75, 3.05) is 6.54 Å². The maximum absolute atomic E-state index is 13.6. The van der Waals surface area contributed by atoms with Crippen LogP contribution in [0, 0.1) is 5.82 Å². The molecule has 110 valence electrons. The van der Waals surface area contributed by atoms with Crippen molar-refractivity contribution in [3.8, 4) is 0 Å². The fourth-order valence-electron chi connectivity index (χ4n) is 3.14. The Morgan fingerprint density at radius 2 is 1.95 bits per heavy atom. The van der Waals surface area contributed by atoms with Crippen molar-refractivity contribution >= 4 is 0 Å². The Labute approximate surface area is 124 Å². The van der Waals surface area contributed by atoms with E-state index in [1.165, 1.54) is 18.1 Å². The van der Waals surface area contributed by atoms with Gasteiger partial charge in [-0.3, -0.25) is 9.88 Å². The average Bonchev–Trinajstić information content (AvgIpc) is 2.95. The number of nitrogens with zero attached hydrogens (tertiary/aromatic N) is 2. The molecule has 1 saturated heterocycles. The predicted octanol–water partition coefficient (Wildman–Crippen LogP) is 3.02. The van der Waals surface area contributed by atoms with E-state index in [4.69, 9.17) is 5.73 Å². The Hall–Kier alpha value is -1.78. The van der Waals surface area contributed by atoms with E-state index in [2.05, 4.69) is 22.0 Å². The third-order valence-corrected chi connectivity index (χ3v) is 4.09. The van der Waals surface area contributed by atoms with E-state index in [0.717, 1.165) is 30.6 Å². The number of aromatic nitrogens is 1. The number of likely N-dealkylation sites (tertiary alicyclic amines) is 1. The Morgan fingerprint density at radius 3 is 2.71 bits per heavy atom. The molecule has 0 bridgehead atoms. The number of nitrogens with two attached hydrogens (primary N) is 1. The lowest BCUT2D eigenvalue weighted by Gasteiger charge is -2.25. The monoisotopic (exact) mass is 285 g/mol. The van der Waals surface area contributed by atoms with Crippen LogP contribution in [-0.2, 0) is 13.1 Å². The van der Waals surface area contributed by atoms with E-state index >= 15 is 0 Å². The first-order valence-corrected chi connectivity index (χ1v) is 7.38. The Balaban J connectivity index is 1.79. The van der Waals surface area contributed by atoms with E-state index in [-0.39, 0.29) is 5.82 Å². The number of benzene rings is 1. The highest BCUT2D eigenvalue weighted by Crippen LogP contribution is 2.32. The highest BCUT2D eigenvalue weighted by molar-refractivity contribution is 5.25. The van der Waals surface area contributed by atoms with E-state index in [1.54, 1.807) is 6.07 Å². The molecule has 1 unspecified atom stereocenters. The van der Waals surface area contributed by atoms with E-state index < -0.39 is 0 Å². The lowest BCUT2D eigenvalue weighted by molar-refractivity contribution is 0.248. The highest BCUT2D eigenvalue weighted by atomic mass is 19.1. The van der Waals surface area contributed by atoms with Crippen molar-refractivity contribution < 1.29 is 4.39 Å². The van der Waals surface area contributed by atoms with Gasteiger partial charge in [0.25, 0.3) is 0 Å². The molecule has 0 amide bonds. The second-order valence-electron chi connectivity index (χ2n) is 5.58. The van der Waals surface area contributed by atoms with Crippen LogP contribution in [0.15, 0.2) is 42.7 Å². The van der Waals surface area contributed by atoms with E-state index in [0.29, 0.717) is 12.6 Å². The van der Waals surface area contributed by atoms with Gasteiger partial charge in [0.1, 0.15) is 5.82 Å². The van der Waals surface area contributed by atoms with Gasteiger partial charge in [-0.15, -0.1) is 0 Å². The fourth-order valence-corrected chi connectivity index (χ4v) is 3.14. The van der Waals surface area contributed by atoms with Crippen molar-refractivity contribution in [3.05, 3.63) is 65.2 Å². The van der Waals surface area contributed by atoms with Crippen molar-refractivity contribution in [1.82, 2.24) is 9.88 Å². The number of hydrogen-bond acceptors (Lipinski definition) is 3. The van der Waals surface area contributed by atoms with Crippen LogP contribution < -0.4 is 5.73 Å². The summed E-state index contributed by atoms with van der Waals surface area (Å²) in [6.07, 6.45) is 5.98. The molecule has 3 nitrogen and oxygen atoms in total. The van der Waals surface area contributed by atoms with E-state index in [9.17, 15) is 4.39 Å². The summed E-state index contributed by atoms with van der Waals surface area (Å²) in [5, 5.41) is 0. The first kappa shape index (κ1) is 14.2. The molecule has 1 fully saturated rings. The predicted molar refractivity (Wildman–Crippen MR) is 80.9 cm³/mol. The molecule has 4 heteroatoms. The van der Waals surface area contributed by atoms with Gasteiger partial charge in [-0.1, -0.05) is 6.07 Å². The molecule has 3 rings (SSSR count). The molecule has 0 aliphatic carbocycles. The minimum absolute atomic E-state index is 0.201. The lowest BCUT2D eigenvalue weighted by atomic mass is 10.0. The third kappa shape index (κ3) is 3.28. The normalized spacial score (nSPS) is 19.0.